The van der Waals surface area contributed by atoms with Crippen LogP contribution < -0.4 is 0 Å². The number of carbonyl (C=O) groups is 1. The number of rotatable bonds is 6. The van der Waals surface area contributed by atoms with E-state index >= 15 is 0 Å². The van der Waals surface area contributed by atoms with Crippen LogP contribution in [0, 0.1) is 16.6 Å². The summed E-state index contributed by atoms with van der Waals surface area (Å²) < 4.78 is 19.3. The lowest BCUT2D eigenvalue weighted by molar-refractivity contribution is -0.0588. The molecule has 2 N–H and O–H groups in total. The van der Waals surface area contributed by atoms with E-state index in [1.807, 2.05) is 31.2 Å². The largest absolute Gasteiger partial charge is 0.437 e. The van der Waals surface area contributed by atoms with Gasteiger partial charge in [-0.1, -0.05) is 54.2 Å². The van der Waals surface area contributed by atoms with Crippen molar-refractivity contribution >= 4 is 27.9 Å². The molecule has 0 bridgehead atoms. The van der Waals surface area contributed by atoms with Gasteiger partial charge in [0.1, 0.15) is 16.5 Å². The van der Waals surface area contributed by atoms with Gasteiger partial charge in [-0.05, 0) is 37.1 Å². The van der Waals surface area contributed by atoms with E-state index in [9.17, 15) is 9.18 Å². The standard InChI is InChI=1S/C24H26FN3O2S/c1-4-13-24(20-9-11-21(25)12-10-20)14-15-28(23(29)30-24)16(2)18-5-7-19(8-6-18)22(27)31-17(3)26/h4-12,16,26-27H,1,13-15H2,2-3H3/t16-,24+/m0/s1. The molecule has 7 heteroatoms. The van der Waals surface area contributed by atoms with E-state index in [1.165, 1.54) is 12.1 Å². The van der Waals surface area contributed by atoms with Gasteiger partial charge in [0.2, 0.25) is 0 Å². The molecule has 2 aromatic rings. The second-order valence-corrected chi connectivity index (χ2v) is 8.82. The van der Waals surface area contributed by atoms with E-state index in [1.54, 1.807) is 30.0 Å². The fourth-order valence-electron chi connectivity index (χ4n) is 3.78. The average Bonchev–Trinajstić information content (AvgIpc) is 2.73. The Kier molecular flexibility index (Phi) is 6.95. The summed E-state index contributed by atoms with van der Waals surface area (Å²) in [5.74, 6) is -0.333. The number of hydrogen-bond donors (Lipinski definition) is 2. The monoisotopic (exact) mass is 439 g/mol. The predicted octanol–water partition coefficient (Wildman–Crippen LogP) is 6.26. The molecule has 0 aliphatic carbocycles. The molecule has 1 aliphatic rings. The summed E-state index contributed by atoms with van der Waals surface area (Å²) in [7, 11) is 0. The first-order valence-corrected chi connectivity index (χ1v) is 10.9. The number of nitrogens with zero attached hydrogens (tertiary/aromatic N) is 1. The maximum Gasteiger partial charge on any atom is 0.411 e. The van der Waals surface area contributed by atoms with Gasteiger partial charge in [0.05, 0.1) is 11.1 Å². The van der Waals surface area contributed by atoms with Crippen LogP contribution >= 0.6 is 11.8 Å². The van der Waals surface area contributed by atoms with Crippen molar-refractivity contribution in [2.75, 3.05) is 6.54 Å². The number of carbonyl (C=O) groups excluding carboxylic acids is 1. The van der Waals surface area contributed by atoms with Crippen molar-refractivity contribution in [2.45, 2.75) is 38.3 Å². The zero-order valence-corrected chi connectivity index (χ0v) is 18.5. The lowest BCUT2D eigenvalue weighted by Gasteiger charge is -2.43. The highest BCUT2D eigenvalue weighted by atomic mass is 32.2. The van der Waals surface area contributed by atoms with Crippen LogP contribution in [0.3, 0.4) is 0 Å². The van der Waals surface area contributed by atoms with Crippen molar-refractivity contribution in [2.24, 2.45) is 0 Å². The van der Waals surface area contributed by atoms with E-state index in [-0.39, 0.29) is 11.9 Å². The third-order valence-corrected chi connectivity index (χ3v) is 6.24. The summed E-state index contributed by atoms with van der Waals surface area (Å²) in [6.07, 6.45) is 2.32. The van der Waals surface area contributed by atoms with Gasteiger partial charge in [-0.15, -0.1) is 6.58 Å². The van der Waals surface area contributed by atoms with Gasteiger partial charge in [-0.2, -0.15) is 0 Å². The Labute approximate surface area is 186 Å². The van der Waals surface area contributed by atoms with Crippen LogP contribution in [0.1, 0.15) is 49.4 Å². The Morgan fingerprint density at radius 3 is 2.45 bits per heavy atom. The van der Waals surface area contributed by atoms with Crippen molar-refractivity contribution in [3.63, 3.8) is 0 Å². The number of nitrogens with one attached hydrogen (secondary N) is 2. The molecule has 1 aliphatic heterocycles. The topological polar surface area (TPSA) is 77.2 Å². The van der Waals surface area contributed by atoms with Gasteiger partial charge in [-0.3, -0.25) is 10.8 Å². The van der Waals surface area contributed by atoms with Crippen LogP contribution in [0.25, 0.3) is 0 Å². The lowest BCUT2D eigenvalue weighted by atomic mass is 9.85. The summed E-state index contributed by atoms with van der Waals surface area (Å²) in [4.78, 5) is 14.7. The van der Waals surface area contributed by atoms with E-state index in [2.05, 4.69) is 6.58 Å². The molecule has 2 atom stereocenters. The molecular weight excluding hydrogens is 413 g/mol. The molecule has 1 saturated heterocycles. The molecule has 0 spiro atoms. The Morgan fingerprint density at radius 2 is 1.90 bits per heavy atom. The fraction of sp³-hybridized carbons (Fsp3) is 0.292. The van der Waals surface area contributed by atoms with Gasteiger partial charge in [0.15, 0.2) is 0 Å². The Hall–Kier alpha value is -2.93. The molecule has 0 radical (unpaired) electrons. The van der Waals surface area contributed by atoms with Crippen LogP contribution in [0.4, 0.5) is 9.18 Å². The van der Waals surface area contributed by atoms with Gasteiger partial charge in [0.25, 0.3) is 0 Å². The number of amides is 1. The van der Waals surface area contributed by atoms with Crippen LogP contribution in [-0.2, 0) is 10.3 Å². The van der Waals surface area contributed by atoms with Crippen LogP contribution in [0.2, 0.25) is 0 Å². The first kappa shape index (κ1) is 22.7. The van der Waals surface area contributed by atoms with Crippen molar-refractivity contribution < 1.29 is 13.9 Å². The molecule has 0 unspecified atom stereocenters. The highest BCUT2D eigenvalue weighted by molar-refractivity contribution is 8.26. The number of benzene rings is 2. The van der Waals surface area contributed by atoms with Crippen molar-refractivity contribution in [1.29, 1.82) is 10.8 Å². The minimum Gasteiger partial charge on any atom is -0.437 e. The van der Waals surface area contributed by atoms with Crippen LogP contribution in [-0.4, -0.2) is 27.6 Å². The Morgan fingerprint density at radius 1 is 1.26 bits per heavy atom. The molecule has 31 heavy (non-hydrogen) atoms. The molecule has 2 aromatic carbocycles. The Bertz CT molecular complexity index is 991. The smallest absolute Gasteiger partial charge is 0.411 e. The average molecular weight is 440 g/mol. The van der Waals surface area contributed by atoms with E-state index in [4.69, 9.17) is 15.6 Å². The lowest BCUT2D eigenvalue weighted by Crippen LogP contribution is -2.48. The van der Waals surface area contributed by atoms with Gasteiger partial charge in [-0.25, -0.2) is 9.18 Å². The van der Waals surface area contributed by atoms with Crippen LogP contribution in [0.15, 0.2) is 61.2 Å². The third-order valence-electron chi connectivity index (χ3n) is 5.50. The SMILES string of the molecule is C=CC[C@]1(c2ccc(F)cc2)CCN([C@@H](C)c2ccc(C(=N)SC(C)=N)cc2)C(=O)O1. The predicted molar refractivity (Wildman–Crippen MR) is 123 cm³/mol. The minimum atomic E-state index is -0.844. The van der Waals surface area contributed by atoms with Gasteiger partial charge >= 0.3 is 6.09 Å². The second kappa shape index (κ2) is 9.47. The number of cyclic esters (lactones) is 1. The molecule has 0 saturated carbocycles. The normalized spacial score (nSPS) is 19.5. The van der Waals surface area contributed by atoms with E-state index < -0.39 is 11.7 Å². The summed E-state index contributed by atoms with van der Waals surface area (Å²) >= 11 is 1.10. The Balaban J connectivity index is 1.76. The third kappa shape index (κ3) is 5.05. The molecule has 1 heterocycles. The quantitative estimate of drug-likeness (QED) is 0.317. The summed E-state index contributed by atoms with van der Waals surface area (Å²) in [6, 6.07) is 13.3. The minimum absolute atomic E-state index is 0.206. The first-order chi connectivity index (χ1) is 14.8. The number of ether oxygens (including phenoxy) is 1. The van der Waals surface area contributed by atoms with Gasteiger partial charge < -0.3 is 9.64 Å². The van der Waals surface area contributed by atoms with Crippen molar-refractivity contribution in [1.82, 2.24) is 4.90 Å². The van der Waals surface area contributed by atoms with Crippen LogP contribution in [0.5, 0.6) is 0 Å². The highest BCUT2D eigenvalue weighted by Gasteiger charge is 2.42. The highest BCUT2D eigenvalue weighted by Crippen LogP contribution is 2.40. The summed E-state index contributed by atoms with van der Waals surface area (Å²) in [6.45, 7) is 7.88. The second-order valence-electron chi connectivity index (χ2n) is 7.59. The van der Waals surface area contributed by atoms with Crippen molar-refractivity contribution in [3.05, 3.63) is 83.7 Å². The molecule has 0 aromatic heterocycles. The summed E-state index contributed by atoms with van der Waals surface area (Å²) in [5, 5.41) is 16.2. The maximum atomic E-state index is 13.4. The molecule has 1 amide bonds. The van der Waals surface area contributed by atoms with E-state index in [0.29, 0.717) is 29.5 Å². The van der Waals surface area contributed by atoms with E-state index in [0.717, 1.165) is 28.5 Å². The zero-order valence-electron chi connectivity index (χ0n) is 17.7. The molecule has 5 nitrogen and oxygen atoms in total. The molecule has 3 rings (SSSR count). The fourth-order valence-corrected chi connectivity index (χ4v) is 4.34. The first-order valence-electron chi connectivity index (χ1n) is 10.0. The summed E-state index contributed by atoms with van der Waals surface area (Å²) in [5.41, 5.74) is 1.58. The molecule has 162 valence electrons. The number of thioether (sulfide) groups is 1. The molecular formula is C24H26FN3O2S. The zero-order chi connectivity index (χ0) is 22.6. The number of halogens is 1. The van der Waals surface area contributed by atoms with Crippen molar-refractivity contribution in [3.8, 4) is 0 Å². The van der Waals surface area contributed by atoms with Gasteiger partial charge in [0, 0.05) is 24.9 Å². The molecule has 1 fully saturated rings. The number of hydrogen-bond acceptors (Lipinski definition) is 5. The maximum absolute atomic E-state index is 13.4.